The summed E-state index contributed by atoms with van der Waals surface area (Å²) in [5, 5.41) is 12.3. The first kappa shape index (κ1) is 11.4. The van der Waals surface area contributed by atoms with Crippen molar-refractivity contribution in [2.45, 2.75) is 30.0 Å². The maximum absolute atomic E-state index is 11.1. The largest absolute Gasteiger partial charge is 0.480 e. The third-order valence-corrected chi connectivity index (χ3v) is 4.18. The molecule has 2 heterocycles. The van der Waals surface area contributed by atoms with Gasteiger partial charge in [-0.2, -0.15) is 0 Å². The molecule has 0 amide bonds. The van der Waals surface area contributed by atoms with Crippen molar-refractivity contribution < 1.29 is 9.90 Å². The molecule has 1 aromatic heterocycles. The lowest BCUT2D eigenvalue weighted by Crippen LogP contribution is -2.43. The van der Waals surface area contributed by atoms with Crippen LogP contribution >= 0.6 is 11.8 Å². The number of hydrogen-bond acceptors (Lipinski definition) is 4. The molecule has 4 nitrogen and oxygen atoms in total. The second kappa shape index (κ2) is 4.07. The van der Waals surface area contributed by atoms with E-state index in [0.29, 0.717) is 0 Å². The highest BCUT2D eigenvalue weighted by molar-refractivity contribution is 8.01. The molecule has 5 heteroatoms. The molecule has 2 atom stereocenters. The van der Waals surface area contributed by atoms with Crippen LogP contribution in [0.4, 0.5) is 0 Å². The van der Waals surface area contributed by atoms with Crippen LogP contribution in [0.2, 0.25) is 0 Å². The lowest BCUT2D eigenvalue weighted by molar-refractivity contribution is -0.139. The molecule has 0 radical (unpaired) electrons. The van der Waals surface area contributed by atoms with Crippen LogP contribution < -0.4 is 5.32 Å². The van der Waals surface area contributed by atoms with Crippen LogP contribution in [0, 0.1) is 0 Å². The Labute approximate surface area is 98.5 Å². The summed E-state index contributed by atoms with van der Waals surface area (Å²) in [4.78, 5) is 15.1. The molecule has 1 saturated heterocycles. The predicted octanol–water partition coefficient (Wildman–Crippen LogP) is 1.65. The molecule has 0 aromatic carbocycles. The van der Waals surface area contributed by atoms with Gasteiger partial charge in [-0.05, 0) is 31.5 Å². The van der Waals surface area contributed by atoms with Gasteiger partial charge in [-0.15, -0.1) is 11.8 Å². The Hall–Kier alpha value is -1.07. The molecular formula is C11H14N2O2S. The van der Waals surface area contributed by atoms with Crippen molar-refractivity contribution in [2.24, 2.45) is 0 Å². The predicted molar refractivity (Wildman–Crippen MR) is 63.2 cm³/mol. The average molecular weight is 238 g/mol. The third-order valence-electron chi connectivity index (χ3n) is 2.69. The fraction of sp³-hybridized carbons (Fsp3) is 0.455. The van der Waals surface area contributed by atoms with Crippen LogP contribution in [0.15, 0.2) is 24.5 Å². The topological polar surface area (TPSA) is 62.2 Å². The number of thioether (sulfide) groups is 1. The molecule has 0 unspecified atom stereocenters. The van der Waals surface area contributed by atoms with E-state index in [1.807, 2.05) is 26.0 Å². The summed E-state index contributed by atoms with van der Waals surface area (Å²) in [5.74, 6) is -0.797. The van der Waals surface area contributed by atoms with E-state index in [9.17, 15) is 4.79 Å². The number of carboxylic acid groups (broad SMARTS) is 1. The standard InChI is InChI=1S/C11H14N2O2S/c1-11(2)8(10(14)15)13-9(16-11)7-3-5-12-6-4-7/h3-6,8-9,13H,1-2H3,(H,14,15)/t8-,9-/m1/s1. The zero-order valence-corrected chi connectivity index (χ0v) is 9.99. The molecule has 2 N–H and O–H groups in total. The van der Waals surface area contributed by atoms with Crippen molar-refractivity contribution in [2.75, 3.05) is 0 Å². The van der Waals surface area contributed by atoms with Gasteiger partial charge >= 0.3 is 5.97 Å². The van der Waals surface area contributed by atoms with Gasteiger partial charge < -0.3 is 5.11 Å². The van der Waals surface area contributed by atoms with Gasteiger partial charge in [0, 0.05) is 17.1 Å². The fourth-order valence-electron chi connectivity index (χ4n) is 1.83. The summed E-state index contributed by atoms with van der Waals surface area (Å²) < 4.78 is -0.306. The number of carbonyl (C=O) groups is 1. The Kier molecular flexibility index (Phi) is 2.90. The number of nitrogens with one attached hydrogen (secondary N) is 1. The first-order chi connectivity index (χ1) is 7.50. The Balaban J connectivity index is 2.21. The summed E-state index contributed by atoms with van der Waals surface area (Å²) in [6, 6.07) is 3.30. The van der Waals surface area contributed by atoms with E-state index in [1.165, 1.54) is 0 Å². The van der Waals surface area contributed by atoms with Crippen molar-refractivity contribution in [1.29, 1.82) is 0 Å². The minimum Gasteiger partial charge on any atom is -0.480 e. The molecule has 1 aliphatic heterocycles. The summed E-state index contributed by atoms with van der Waals surface area (Å²) in [7, 11) is 0. The Morgan fingerprint density at radius 2 is 2.12 bits per heavy atom. The normalized spacial score (nSPS) is 27.9. The van der Waals surface area contributed by atoms with Crippen molar-refractivity contribution in [1.82, 2.24) is 10.3 Å². The summed E-state index contributed by atoms with van der Waals surface area (Å²) in [5.41, 5.74) is 1.07. The number of rotatable bonds is 2. The number of nitrogens with zero attached hydrogens (tertiary/aromatic N) is 1. The smallest absolute Gasteiger partial charge is 0.322 e. The average Bonchev–Trinajstić information content (AvgIpc) is 2.56. The molecule has 86 valence electrons. The van der Waals surface area contributed by atoms with Gasteiger partial charge in [0.15, 0.2) is 0 Å². The molecule has 1 fully saturated rings. The Bertz CT molecular complexity index is 394. The lowest BCUT2D eigenvalue weighted by Gasteiger charge is -2.20. The summed E-state index contributed by atoms with van der Waals surface area (Å²) in [6.45, 7) is 3.90. The van der Waals surface area contributed by atoms with Crippen molar-refractivity contribution >= 4 is 17.7 Å². The molecule has 0 saturated carbocycles. The molecule has 16 heavy (non-hydrogen) atoms. The van der Waals surface area contributed by atoms with Crippen LogP contribution in [0.1, 0.15) is 24.8 Å². The van der Waals surface area contributed by atoms with Crippen molar-refractivity contribution in [3.8, 4) is 0 Å². The van der Waals surface area contributed by atoms with E-state index < -0.39 is 12.0 Å². The maximum atomic E-state index is 11.1. The van der Waals surface area contributed by atoms with Gasteiger partial charge in [-0.1, -0.05) is 0 Å². The zero-order valence-electron chi connectivity index (χ0n) is 9.18. The number of aromatic nitrogens is 1. The second-order valence-electron chi connectivity index (χ2n) is 4.32. The zero-order chi connectivity index (χ0) is 11.8. The number of aliphatic carboxylic acids is 1. The Morgan fingerprint density at radius 3 is 2.62 bits per heavy atom. The SMILES string of the molecule is CC1(C)S[C@H](c2ccncc2)N[C@@H]1C(=O)O. The van der Waals surface area contributed by atoms with Crippen LogP contribution in [0.3, 0.4) is 0 Å². The summed E-state index contributed by atoms with van der Waals surface area (Å²) in [6.07, 6.45) is 3.44. The third kappa shape index (κ3) is 2.05. The van der Waals surface area contributed by atoms with Crippen LogP contribution in [0.5, 0.6) is 0 Å². The van der Waals surface area contributed by atoms with Crippen molar-refractivity contribution in [3.63, 3.8) is 0 Å². The Morgan fingerprint density at radius 1 is 1.50 bits per heavy atom. The van der Waals surface area contributed by atoms with E-state index in [0.717, 1.165) is 5.56 Å². The maximum Gasteiger partial charge on any atom is 0.322 e. The highest BCUT2D eigenvalue weighted by Crippen LogP contribution is 2.45. The number of carboxylic acids is 1. The second-order valence-corrected chi connectivity index (χ2v) is 6.08. The van der Waals surface area contributed by atoms with Crippen molar-refractivity contribution in [3.05, 3.63) is 30.1 Å². The monoisotopic (exact) mass is 238 g/mol. The van der Waals surface area contributed by atoms with Gasteiger partial charge in [0.05, 0.1) is 5.37 Å². The minimum absolute atomic E-state index is 0.0269. The molecule has 1 aliphatic rings. The molecular weight excluding hydrogens is 224 g/mol. The first-order valence-corrected chi connectivity index (χ1v) is 5.95. The van der Waals surface area contributed by atoms with E-state index in [1.54, 1.807) is 24.2 Å². The minimum atomic E-state index is -0.797. The highest BCUT2D eigenvalue weighted by atomic mass is 32.2. The molecule has 0 spiro atoms. The number of hydrogen-bond donors (Lipinski definition) is 2. The molecule has 0 bridgehead atoms. The van der Waals surface area contributed by atoms with Crippen LogP contribution in [-0.4, -0.2) is 26.8 Å². The van der Waals surface area contributed by atoms with Crippen LogP contribution in [0.25, 0.3) is 0 Å². The first-order valence-electron chi connectivity index (χ1n) is 5.07. The highest BCUT2D eigenvalue weighted by Gasteiger charge is 2.45. The summed E-state index contributed by atoms with van der Waals surface area (Å²) >= 11 is 1.64. The van der Waals surface area contributed by atoms with E-state index in [-0.39, 0.29) is 10.1 Å². The molecule has 0 aliphatic carbocycles. The molecule has 2 rings (SSSR count). The number of pyridine rings is 1. The quantitative estimate of drug-likeness (QED) is 0.820. The van der Waals surface area contributed by atoms with Gasteiger partial charge in [0.25, 0.3) is 0 Å². The van der Waals surface area contributed by atoms with Gasteiger partial charge in [-0.3, -0.25) is 15.1 Å². The fourth-order valence-corrected chi connectivity index (χ4v) is 3.24. The molecule has 1 aromatic rings. The van der Waals surface area contributed by atoms with Gasteiger partial charge in [0.2, 0.25) is 0 Å². The van der Waals surface area contributed by atoms with E-state index >= 15 is 0 Å². The van der Waals surface area contributed by atoms with Crippen LogP contribution in [-0.2, 0) is 4.79 Å². The lowest BCUT2D eigenvalue weighted by atomic mass is 10.0. The van der Waals surface area contributed by atoms with Gasteiger partial charge in [0.1, 0.15) is 6.04 Å². The van der Waals surface area contributed by atoms with E-state index in [2.05, 4.69) is 10.3 Å². The van der Waals surface area contributed by atoms with Gasteiger partial charge in [-0.25, -0.2) is 0 Å². The van der Waals surface area contributed by atoms with E-state index in [4.69, 9.17) is 5.11 Å².